The number of carbonyl (C=O) groups excluding carboxylic acids is 1. The van der Waals surface area contributed by atoms with Crippen LogP contribution in [0.5, 0.6) is 0 Å². The first kappa shape index (κ1) is 15.8. The second kappa shape index (κ2) is 6.03. The average molecular weight is 345 g/mol. The SMILES string of the molecule is NS(=O)(=O)c1cc(C(=O)Nc2ccc(Cl)cc2)ccc1Cl. The van der Waals surface area contributed by atoms with Gasteiger partial charge >= 0.3 is 0 Å². The molecule has 110 valence electrons. The van der Waals surface area contributed by atoms with E-state index in [1.807, 2.05) is 0 Å². The molecule has 0 saturated heterocycles. The molecule has 0 radical (unpaired) electrons. The standard InChI is InChI=1S/C13H10Cl2N2O3S/c14-9-2-4-10(5-3-9)17-13(18)8-1-6-11(15)12(7-8)21(16,19)20/h1-7H,(H,17,18)(H2,16,19,20). The molecule has 3 N–H and O–H groups in total. The number of primary sulfonamides is 1. The van der Waals surface area contributed by atoms with Crippen LogP contribution in [-0.4, -0.2) is 14.3 Å². The van der Waals surface area contributed by atoms with Gasteiger partial charge in [0.05, 0.1) is 5.02 Å². The highest BCUT2D eigenvalue weighted by molar-refractivity contribution is 7.89. The number of sulfonamides is 1. The number of nitrogens with one attached hydrogen (secondary N) is 1. The van der Waals surface area contributed by atoms with E-state index in [-0.39, 0.29) is 15.5 Å². The van der Waals surface area contributed by atoms with E-state index in [2.05, 4.69) is 5.32 Å². The Morgan fingerprint density at radius 1 is 1.05 bits per heavy atom. The van der Waals surface area contributed by atoms with E-state index in [0.29, 0.717) is 10.7 Å². The predicted molar refractivity (Wildman–Crippen MR) is 82.2 cm³/mol. The van der Waals surface area contributed by atoms with Crippen molar-refractivity contribution < 1.29 is 13.2 Å². The van der Waals surface area contributed by atoms with Crippen LogP contribution in [0.3, 0.4) is 0 Å². The number of rotatable bonds is 3. The van der Waals surface area contributed by atoms with Crippen LogP contribution in [0.4, 0.5) is 5.69 Å². The lowest BCUT2D eigenvalue weighted by molar-refractivity contribution is 0.102. The minimum absolute atomic E-state index is 0.0412. The fraction of sp³-hybridized carbons (Fsp3) is 0. The van der Waals surface area contributed by atoms with Gasteiger partial charge in [0, 0.05) is 16.3 Å². The highest BCUT2D eigenvalue weighted by atomic mass is 35.5. The first-order valence-corrected chi connectivity index (χ1v) is 7.97. The maximum Gasteiger partial charge on any atom is 0.255 e. The van der Waals surface area contributed by atoms with Gasteiger partial charge in [-0.25, -0.2) is 13.6 Å². The Hall–Kier alpha value is -1.60. The Labute approximate surface area is 131 Å². The number of hydrogen-bond donors (Lipinski definition) is 2. The van der Waals surface area contributed by atoms with Gasteiger partial charge in [-0.2, -0.15) is 0 Å². The minimum Gasteiger partial charge on any atom is -0.322 e. The lowest BCUT2D eigenvalue weighted by Gasteiger charge is -2.07. The first-order valence-electron chi connectivity index (χ1n) is 5.66. The molecule has 0 bridgehead atoms. The number of hydrogen-bond acceptors (Lipinski definition) is 3. The molecule has 8 heteroatoms. The van der Waals surface area contributed by atoms with Crippen molar-refractivity contribution in [2.45, 2.75) is 4.90 Å². The molecule has 0 heterocycles. The molecule has 21 heavy (non-hydrogen) atoms. The van der Waals surface area contributed by atoms with Gasteiger partial charge in [-0.3, -0.25) is 4.79 Å². The van der Waals surface area contributed by atoms with Crippen molar-refractivity contribution in [1.29, 1.82) is 0 Å². The summed E-state index contributed by atoms with van der Waals surface area (Å²) in [7, 11) is -4.00. The van der Waals surface area contributed by atoms with Crippen molar-refractivity contribution in [1.82, 2.24) is 0 Å². The zero-order chi connectivity index (χ0) is 15.6. The van der Waals surface area contributed by atoms with Crippen LogP contribution in [0.2, 0.25) is 10.0 Å². The summed E-state index contributed by atoms with van der Waals surface area (Å²) < 4.78 is 22.7. The average Bonchev–Trinajstić information content (AvgIpc) is 2.40. The highest BCUT2D eigenvalue weighted by Crippen LogP contribution is 2.22. The van der Waals surface area contributed by atoms with Crippen molar-refractivity contribution >= 4 is 44.8 Å². The van der Waals surface area contributed by atoms with Crippen molar-refractivity contribution in [3.05, 3.63) is 58.1 Å². The summed E-state index contributed by atoms with van der Waals surface area (Å²) in [6.45, 7) is 0. The van der Waals surface area contributed by atoms with Crippen molar-refractivity contribution in [3.63, 3.8) is 0 Å². The number of amides is 1. The van der Waals surface area contributed by atoms with Crippen molar-refractivity contribution in [2.24, 2.45) is 5.14 Å². The number of nitrogens with two attached hydrogens (primary N) is 1. The maximum absolute atomic E-state index is 12.1. The molecule has 0 aliphatic rings. The summed E-state index contributed by atoms with van der Waals surface area (Å²) in [5, 5.41) is 8.14. The molecule has 0 aromatic heterocycles. The largest absolute Gasteiger partial charge is 0.322 e. The van der Waals surface area contributed by atoms with Crippen LogP contribution in [0.1, 0.15) is 10.4 Å². The summed E-state index contributed by atoms with van der Waals surface area (Å²) in [5.41, 5.74) is 0.648. The molecule has 2 rings (SSSR count). The molecular weight excluding hydrogens is 335 g/mol. The summed E-state index contributed by atoms with van der Waals surface area (Å²) in [4.78, 5) is 11.8. The van der Waals surface area contributed by atoms with Gasteiger partial charge in [0.15, 0.2) is 0 Å². The van der Waals surface area contributed by atoms with E-state index < -0.39 is 15.9 Å². The van der Waals surface area contributed by atoms with Crippen molar-refractivity contribution in [3.8, 4) is 0 Å². The fourth-order valence-electron chi connectivity index (χ4n) is 1.60. The minimum atomic E-state index is -4.00. The molecule has 5 nitrogen and oxygen atoms in total. The van der Waals surface area contributed by atoms with Gasteiger partial charge in [0.2, 0.25) is 10.0 Å². The van der Waals surface area contributed by atoms with Gasteiger partial charge in [-0.05, 0) is 42.5 Å². The van der Waals surface area contributed by atoms with Gasteiger partial charge in [-0.15, -0.1) is 0 Å². The van der Waals surface area contributed by atoms with E-state index in [1.165, 1.54) is 12.1 Å². The molecule has 2 aromatic carbocycles. The molecule has 2 aromatic rings. The third-order valence-corrected chi connectivity index (χ3v) is 4.25. The Morgan fingerprint density at radius 2 is 1.67 bits per heavy atom. The van der Waals surface area contributed by atoms with Crippen LogP contribution in [0, 0.1) is 0 Å². The molecular formula is C13H10Cl2N2O3S. The Bertz CT molecular complexity index is 790. The quantitative estimate of drug-likeness (QED) is 0.896. The maximum atomic E-state index is 12.1. The number of anilines is 1. The third kappa shape index (κ3) is 3.95. The number of carbonyl (C=O) groups is 1. The third-order valence-electron chi connectivity index (χ3n) is 2.60. The van der Waals surface area contributed by atoms with E-state index >= 15 is 0 Å². The fourth-order valence-corrected chi connectivity index (χ4v) is 2.80. The van der Waals surface area contributed by atoms with Crippen LogP contribution in [-0.2, 0) is 10.0 Å². The van der Waals surface area contributed by atoms with Crippen molar-refractivity contribution in [2.75, 3.05) is 5.32 Å². The van der Waals surface area contributed by atoms with Gasteiger partial charge in [0.25, 0.3) is 5.91 Å². The van der Waals surface area contributed by atoms with Gasteiger partial charge in [-0.1, -0.05) is 23.2 Å². The molecule has 0 unspecified atom stereocenters. The van der Waals surface area contributed by atoms with Crippen LogP contribution in [0.25, 0.3) is 0 Å². The lowest BCUT2D eigenvalue weighted by atomic mass is 10.2. The number of halogens is 2. The Kier molecular flexibility index (Phi) is 4.53. The van der Waals surface area contributed by atoms with Gasteiger partial charge < -0.3 is 5.32 Å². The van der Waals surface area contributed by atoms with E-state index in [1.54, 1.807) is 24.3 Å². The van der Waals surface area contributed by atoms with Crippen LogP contribution in [0.15, 0.2) is 47.4 Å². The summed E-state index contributed by atoms with van der Waals surface area (Å²) in [5.74, 6) is -0.487. The smallest absolute Gasteiger partial charge is 0.255 e. The monoisotopic (exact) mass is 344 g/mol. The zero-order valence-corrected chi connectivity index (χ0v) is 12.8. The lowest BCUT2D eigenvalue weighted by Crippen LogP contribution is -2.16. The summed E-state index contributed by atoms with van der Waals surface area (Å²) >= 11 is 11.5. The molecule has 0 spiro atoms. The van der Waals surface area contributed by atoms with Crippen LogP contribution < -0.4 is 10.5 Å². The highest BCUT2D eigenvalue weighted by Gasteiger charge is 2.16. The Balaban J connectivity index is 2.30. The van der Waals surface area contributed by atoms with E-state index in [0.717, 1.165) is 6.07 Å². The summed E-state index contributed by atoms with van der Waals surface area (Å²) in [6, 6.07) is 10.3. The summed E-state index contributed by atoms with van der Waals surface area (Å²) in [6.07, 6.45) is 0. The topological polar surface area (TPSA) is 89.3 Å². The normalized spacial score (nSPS) is 11.2. The number of benzene rings is 2. The molecule has 0 saturated carbocycles. The first-order chi connectivity index (χ1) is 9.77. The van der Waals surface area contributed by atoms with Gasteiger partial charge in [0.1, 0.15) is 4.90 Å². The predicted octanol–water partition coefficient (Wildman–Crippen LogP) is 2.89. The molecule has 1 amide bonds. The second-order valence-electron chi connectivity index (χ2n) is 4.15. The molecule has 0 fully saturated rings. The molecule has 0 atom stereocenters. The van der Waals surface area contributed by atoms with E-state index in [9.17, 15) is 13.2 Å². The Morgan fingerprint density at radius 3 is 2.24 bits per heavy atom. The van der Waals surface area contributed by atoms with Crippen LogP contribution >= 0.6 is 23.2 Å². The van der Waals surface area contributed by atoms with E-state index in [4.69, 9.17) is 28.3 Å². The zero-order valence-electron chi connectivity index (χ0n) is 10.5. The second-order valence-corrected chi connectivity index (χ2v) is 6.52. The molecule has 0 aliphatic heterocycles. The molecule has 0 aliphatic carbocycles.